The Morgan fingerprint density at radius 3 is 2.86 bits per heavy atom. The SMILES string of the molecule is C[C@@H](O)[C@H]1C(=O)N2C(C(=O)O)=C(S[C@@H]3CN[C@H](c4cccc(CN)c4)C3)[C@H](C)[C@H]12. The Hall–Kier alpha value is -1.87. The molecule has 0 aliphatic carbocycles. The molecule has 5 N–H and O–H groups in total. The summed E-state index contributed by atoms with van der Waals surface area (Å²) in [5.74, 6) is -1.97. The first-order valence-corrected chi connectivity index (χ1v) is 10.9. The van der Waals surface area contributed by atoms with Gasteiger partial charge in [0.2, 0.25) is 5.91 Å². The number of hydrogen-bond donors (Lipinski definition) is 4. The third kappa shape index (κ3) is 3.38. The Balaban J connectivity index is 1.52. The van der Waals surface area contributed by atoms with Crippen molar-refractivity contribution in [2.45, 2.75) is 50.3 Å². The van der Waals surface area contributed by atoms with Crippen LogP contribution in [0.2, 0.25) is 0 Å². The summed E-state index contributed by atoms with van der Waals surface area (Å²) in [6.07, 6.45) is 0.0956. The number of thioether (sulfide) groups is 1. The van der Waals surface area contributed by atoms with Crippen molar-refractivity contribution in [3.05, 3.63) is 46.0 Å². The van der Waals surface area contributed by atoms with Crippen LogP contribution in [-0.4, -0.2) is 50.9 Å². The monoisotopic (exact) mass is 417 g/mol. The summed E-state index contributed by atoms with van der Waals surface area (Å²) in [6.45, 7) is 4.83. The van der Waals surface area contributed by atoms with E-state index in [1.54, 1.807) is 18.7 Å². The number of benzene rings is 1. The molecule has 29 heavy (non-hydrogen) atoms. The molecule has 1 amide bonds. The minimum Gasteiger partial charge on any atom is -0.477 e. The largest absolute Gasteiger partial charge is 0.477 e. The van der Waals surface area contributed by atoms with Crippen molar-refractivity contribution in [2.24, 2.45) is 17.6 Å². The zero-order valence-electron chi connectivity index (χ0n) is 16.5. The van der Waals surface area contributed by atoms with Crippen molar-refractivity contribution in [3.8, 4) is 0 Å². The molecule has 4 rings (SSSR count). The van der Waals surface area contributed by atoms with E-state index in [9.17, 15) is 19.8 Å². The molecule has 2 fully saturated rings. The second-order valence-electron chi connectivity index (χ2n) is 8.16. The second kappa shape index (κ2) is 7.75. The molecule has 0 radical (unpaired) electrons. The van der Waals surface area contributed by atoms with Crippen LogP contribution >= 0.6 is 11.8 Å². The quantitative estimate of drug-likeness (QED) is 0.518. The number of carbonyl (C=O) groups excluding carboxylic acids is 1. The zero-order chi connectivity index (χ0) is 20.9. The standard InChI is InChI=1S/C21H27N3O4S/c1-10-17-16(11(2)25)20(26)24(17)18(21(27)28)19(10)29-14-7-15(23-9-14)13-5-3-4-12(6-13)8-22/h3-6,10-11,14-17,23,25H,7-9,22H2,1-2H3,(H,27,28)/t10-,11-,14+,15+,16-,17-/m1/s1. The average molecular weight is 418 g/mol. The van der Waals surface area contributed by atoms with Gasteiger partial charge in [-0.3, -0.25) is 4.79 Å². The van der Waals surface area contributed by atoms with Gasteiger partial charge in [-0.25, -0.2) is 4.79 Å². The van der Waals surface area contributed by atoms with Gasteiger partial charge in [-0.05, 0) is 24.5 Å². The number of aliphatic carboxylic acids is 1. The molecule has 0 aromatic heterocycles. The van der Waals surface area contributed by atoms with Gasteiger partial charge in [-0.1, -0.05) is 31.2 Å². The van der Waals surface area contributed by atoms with Crippen molar-refractivity contribution < 1.29 is 19.8 Å². The predicted molar refractivity (Wildman–Crippen MR) is 111 cm³/mol. The molecule has 8 heteroatoms. The molecular weight excluding hydrogens is 390 g/mol. The summed E-state index contributed by atoms with van der Waals surface area (Å²) >= 11 is 1.57. The summed E-state index contributed by atoms with van der Waals surface area (Å²) in [6, 6.07) is 8.16. The number of rotatable bonds is 6. The van der Waals surface area contributed by atoms with E-state index in [4.69, 9.17) is 5.73 Å². The van der Waals surface area contributed by atoms with Crippen LogP contribution in [-0.2, 0) is 16.1 Å². The van der Waals surface area contributed by atoms with E-state index in [1.807, 2.05) is 19.1 Å². The fraction of sp³-hybridized carbons (Fsp3) is 0.524. The molecule has 156 valence electrons. The number of aliphatic hydroxyl groups excluding tert-OH is 1. The van der Waals surface area contributed by atoms with Crippen LogP contribution in [0, 0.1) is 11.8 Å². The molecule has 0 bridgehead atoms. The van der Waals surface area contributed by atoms with Crippen LogP contribution < -0.4 is 11.1 Å². The van der Waals surface area contributed by atoms with Crippen LogP contribution in [0.4, 0.5) is 0 Å². The number of nitrogens with one attached hydrogen (secondary N) is 1. The van der Waals surface area contributed by atoms with Crippen molar-refractivity contribution in [1.29, 1.82) is 0 Å². The third-order valence-corrected chi connectivity index (χ3v) is 7.80. The fourth-order valence-electron chi connectivity index (χ4n) is 4.84. The van der Waals surface area contributed by atoms with Crippen molar-refractivity contribution >= 4 is 23.6 Å². The average Bonchev–Trinajstić information content (AvgIpc) is 3.24. The number of carbonyl (C=O) groups is 2. The van der Waals surface area contributed by atoms with Crippen LogP contribution in [0.15, 0.2) is 34.9 Å². The van der Waals surface area contributed by atoms with Gasteiger partial charge in [0, 0.05) is 35.2 Å². The predicted octanol–water partition coefficient (Wildman–Crippen LogP) is 1.44. The van der Waals surface area contributed by atoms with Gasteiger partial charge in [0.05, 0.1) is 18.1 Å². The van der Waals surface area contributed by atoms with E-state index in [1.165, 1.54) is 10.5 Å². The van der Waals surface area contributed by atoms with Gasteiger partial charge in [-0.2, -0.15) is 0 Å². The number of fused-ring (bicyclic) bond motifs is 1. The zero-order valence-corrected chi connectivity index (χ0v) is 17.4. The summed E-state index contributed by atoms with van der Waals surface area (Å²) in [5.41, 5.74) is 8.13. The lowest BCUT2D eigenvalue weighted by Crippen LogP contribution is -2.63. The number of hydrogen-bond acceptors (Lipinski definition) is 6. The minimum absolute atomic E-state index is 0.0944. The summed E-state index contributed by atoms with van der Waals surface area (Å²) in [7, 11) is 0. The third-order valence-electron chi connectivity index (χ3n) is 6.28. The highest BCUT2D eigenvalue weighted by Gasteiger charge is 2.60. The van der Waals surface area contributed by atoms with Crippen LogP contribution in [0.25, 0.3) is 0 Å². The smallest absolute Gasteiger partial charge is 0.353 e. The van der Waals surface area contributed by atoms with Gasteiger partial charge >= 0.3 is 5.97 Å². The van der Waals surface area contributed by atoms with Crippen LogP contribution in [0.3, 0.4) is 0 Å². The van der Waals surface area contributed by atoms with Crippen LogP contribution in [0.5, 0.6) is 0 Å². The van der Waals surface area contributed by atoms with Crippen LogP contribution in [0.1, 0.15) is 37.4 Å². The minimum atomic E-state index is -1.07. The first-order chi connectivity index (χ1) is 13.8. The number of aliphatic hydroxyl groups is 1. The van der Waals surface area contributed by atoms with E-state index < -0.39 is 18.0 Å². The maximum absolute atomic E-state index is 12.5. The summed E-state index contributed by atoms with van der Waals surface area (Å²) < 4.78 is 0. The maximum atomic E-state index is 12.5. The van der Waals surface area contributed by atoms with Crippen molar-refractivity contribution in [1.82, 2.24) is 10.2 Å². The topological polar surface area (TPSA) is 116 Å². The molecule has 0 spiro atoms. The first-order valence-electron chi connectivity index (χ1n) is 10.0. The lowest BCUT2D eigenvalue weighted by Gasteiger charge is -2.46. The summed E-state index contributed by atoms with van der Waals surface area (Å²) in [4.78, 5) is 26.5. The van der Waals surface area contributed by atoms with Gasteiger partial charge in [0.15, 0.2) is 0 Å². The number of β-lactam (4-membered cyclic amide) rings is 1. The number of carboxylic acid groups (broad SMARTS) is 1. The Kier molecular flexibility index (Phi) is 5.46. The maximum Gasteiger partial charge on any atom is 0.353 e. The molecule has 2 saturated heterocycles. The Labute approximate surface area is 174 Å². The molecule has 6 atom stereocenters. The lowest BCUT2D eigenvalue weighted by atomic mass is 9.79. The van der Waals surface area contributed by atoms with Crippen molar-refractivity contribution in [2.75, 3.05) is 6.54 Å². The number of carboxylic acids is 1. The van der Waals surface area contributed by atoms with E-state index >= 15 is 0 Å². The summed E-state index contributed by atoms with van der Waals surface area (Å²) in [5, 5.41) is 23.5. The molecule has 0 saturated carbocycles. The molecule has 7 nitrogen and oxygen atoms in total. The van der Waals surface area contributed by atoms with E-state index in [0.717, 1.165) is 23.4 Å². The van der Waals surface area contributed by atoms with E-state index in [-0.39, 0.29) is 34.9 Å². The van der Waals surface area contributed by atoms with Gasteiger partial charge < -0.3 is 26.2 Å². The number of nitrogens with zero attached hydrogens (tertiary/aromatic N) is 1. The van der Waals surface area contributed by atoms with E-state index in [0.29, 0.717) is 6.54 Å². The normalized spacial score (nSPS) is 32.3. The molecular formula is C21H27N3O4S. The lowest BCUT2D eigenvalue weighted by molar-refractivity contribution is -0.163. The van der Waals surface area contributed by atoms with Gasteiger partial charge in [0.25, 0.3) is 0 Å². The van der Waals surface area contributed by atoms with Crippen molar-refractivity contribution in [3.63, 3.8) is 0 Å². The Morgan fingerprint density at radius 2 is 2.21 bits per heavy atom. The molecule has 3 heterocycles. The Bertz CT molecular complexity index is 871. The molecule has 3 aliphatic heterocycles. The van der Waals surface area contributed by atoms with E-state index in [2.05, 4.69) is 17.4 Å². The molecule has 1 aromatic rings. The highest BCUT2D eigenvalue weighted by Crippen LogP contribution is 2.52. The molecule has 0 unspecified atom stereocenters. The van der Waals surface area contributed by atoms with Gasteiger partial charge in [-0.15, -0.1) is 11.8 Å². The highest BCUT2D eigenvalue weighted by atomic mass is 32.2. The fourth-order valence-corrected chi connectivity index (χ4v) is 6.32. The molecule has 3 aliphatic rings. The number of amides is 1. The Morgan fingerprint density at radius 1 is 1.45 bits per heavy atom. The molecule has 1 aromatic carbocycles. The first kappa shape index (κ1) is 20.4. The second-order valence-corrected chi connectivity index (χ2v) is 9.50. The number of nitrogens with two attached hydrogens (primary N) is 1. The van der Waals surface area contributed by atoms with Gasteiger partial charge in [0.1, 0.15) is 5.70 Å². The highest BCUT2D eigenvalue weighted by molar-refractivity contribution is 8.03.